The van der Waals surface area contributed by atoms with Crippen molar-refractivity contribution >= 4 is 0 Å². The van der Waals surface area contributed by atoms with E-state index in [1.54, 1.807) is 0 Å². The van der Waals surface area contributed by atoms with Gasteiger partial charge in [0, 0.05) is 26.1 Å². The summed E-state index contributed by atoms with van der Waals surface area (Å²) in [6.45, 7) is 6.13. The first-order valence-corrected chi connectivity index (χ1v) is 5.67. The summed E-state index contributed by atoms with van der Waals surface area (Å²) in [5.41, 5.74) is 6.03. The van der Waals surface area contributed by atoms with Crippen molar-refractivity contribution in [1.29, 1.82) is 0 Å². The number of hydrogen-bond donors (Lipinski definition) is 1. The topological polar surface area (TPSA) is 77.4 Å². The van der Waals surface area contributed by atoms with Crippen LogP contribution in [0.15, 0.2) is 4.52 Å². The molecule has 6 heteroatoms. The quantitative estimate of drug-likeness (QED) is 0.776. The zero-order valence-electron chi connectivity index (χ0n) is 9.56. The molecule has 0 aromatic carbocycles. The van der Waals surface area contributed by atoms with Crippen molar-refractivity contribution in [1.82, 2.24) is 15.0 Å². The molecule has 6 nitrogen and oxygen atoms in total. The minimum Gasteiger partial charge on any atom is -0.379 e. The molecule has 1 aliphatic rings. The predicted molar refractivity (Wildman–Crippen MR) is 57.9 cm³/mol. The van der Waals surface area contributed by atoms with Crippen molar-refractivity contribution in [3.05, 3.63) is 11.7 Å². The van der Waals surface area contributed by atoms with Crippen LogP contribution in [-0.4, -0.2) is 47.9 Å². The van der Waals surface area contributed by atoms with Gasteiger partial charge in [0.25, 0.3) is 0 Å². The molecule has 16 heavy (non-hydrogen) atoms. The molecule has 0 saturated carbocycles. The van der Waals surface area contributed by atoms with Gasteiger partial charge in [0.2, 0.25) is 5.89 Å². The fraction of sp³-hybridized carbons (Fsp3) is 0.800. The van der Waals surface area contributed by atoms with E-state index < -0.39 is 0 Å². The Morgan fingerprint density at radius 2 is 2.19 bits per heavy atom. The van der Waals surface area contributed by atoms with E-state index >= 15 is 0 Å². The summed E-state index contributed by atoms with van der Waals surface area (Å²) in [6, 6.07) is -0.179. The summed E-state index contributed by atoms with van der Waals surface area (Å²) >= 11 is 0. The molecule has 1 atom stereocenters. The Balaban J connectivity index is 1.88. The molecule has 1 saturated heterocycles. The largest absolute Gasteiger partial charge is 0.379 e. The van der Waals surface area contributed by atoms with E-state index in [1.807, 2.05) is 6.92 Å². The SMILES string of the molecule is CCc1nc(C(N)CN2CCOCC2)no1. The lowest BCUT2D eigenvalue weighted by molar-refractivity contribution is 0.0348. The van der Waals surface area contributed by atoms with Gasteiger partial charge in [-0.05, 0) is 0 Å². The van der Waals surface area contributed by atoms with Crippen molar-refractivity contribution in [2.45, 2.75) is 19.4 Å². The van der Waals surface area contributed by atoms with Crippen molar-refractivity contribution in [3.63, 3.8) is 0 Å². The zero-order chi connectivity index (χ0) is 11.4. The molecule has 1 aromatic rings. The van der Waals surface area contributed by atoms with Gasteiger partial charge in [-0.2, -0.15) is 4.98 Å². The fourth-order valence-electron chi connectivity index (χ4n) is 1.71. The summed E-state index contributed by atoms with van der Waals surface area (Å²) in [7, 11) is 0. The van der Waals surface area contributed by atoms with Gasteiger partial charge in [0.15, 0.2) is 5.82 Å². The van der Waals surface area contributed by atoms with Crippen LogP contribution in [0.5, 0.6) is 0 Å². The van der Waals surface area contributed by atoms with Gasteiger partial charge in [-0.25, -0.2) is 0 Å². The number of aromatic nitrogens is 2. The smallest absolute Gasteiger partial charge is 0.226 e. The highest BCUT2D eigenvalue weighted by Gasteiger charge is 2.18. The lowest BCUT2D eigenvalue weighted by Gasteiger charge is -2.27. The van der Waals surface area contributed by atoms with Crippen LogP contribution in [0.4, 0.5) is 0 Å². The van der Waals surface area contributed by atoms with Crippen LogP contribution < -0.4 is 5.73 Å². The van der Waals surface area contributed by atoms with Crippen LogP contribution in [0, 0.1) is 0 Å². The summed E-state index contributed by atoms with van der Waals surface area (Å²) in [6.07, 6.45) is 0.747. The van der Waals surface area contributed by atoms with Gasteiger partial charge in [0.05, 0.1) is 19.3 Å². The third kappa shape index (κ3) is 2.78. The minimum absolute atomic E-state index is 0.179. The van der Waals surface area contributed by atoms with Gasteiger partial charge >= 0.3 is 0 Å². The van der Waals surface area contributed by atoms with E-state index in [0.717, 1.165) is 39.3 Å². The van der Waals surface area contributed by atoms with Crippen molar-refractivity contribution in [3.8, 4) is 0 Å². The second kappa shape index (κ2) is 5.38. The summed E-state index contributed by atoms with van der Waals surface area (Å²) in [5, 5.41) is 3.88. The van der Waals surface area contributed by atoms with Crippen LogP contribution in [0.25, 0.3) is 0 Å². The second-order valence-electron chi connectivity index (χ2n) is 3.92. The molecule has 0 radical (unpaired) electrons. The normalized spacial score (nSPS) is 19.9. The second-order valence-corrected chi connectivity index (χ2v) is 3.92. The first-order valence-electron chi connectivity index (χ1n) is 5.67. The first-order chi connectivity index (χ1) is 7.79. The number of aryl methyl sites for hydroxylation is 1. The molecule has 1 unspecified atom stereocenters. The minimum atomic E-state index is -0.179. The molecular weight excluding hydrogens is 208 g/mol. The molecular formula is C10H18N4O2. The fourth-order valence-corrected chi connectivity index (χ4v) is 1.71. The molecule has 2 N–H and O–H groups in total. The number of hydrogen-bond acceptors (Lipinski definition) is 6. The van der Waals surface area contributed by atoms with Crippen molar-refractivity contribution in [2.24, 2.45) is 5.73 Å². The molecule has 2 heterocycles. The van der Waals surface area contributed by atoms with E-state index in [0.29, 0.717) is 11.7 Å². The van der Waals surface area contributed by atoms with Gasteiger partial charge in [-0.15, -0.1) is 0 Å². The molecule has 90 valence electrons. The maximum Gasteiger partial charge on any atom is 0.226 e. The highest BCUT2D eigenvalue weighted by Crippen LogP contribution is 2.09. The highest BCUT2D eigenvalue weighted by atomic mass is 16.5. The maximum atomic E-state index is 6.03. The maximum absolute atomic E-state index is 6.03. The Kier molecular flexibility index (Phi) is 3.87. The van der Waals surface area contributed by atoms with E-state index in [2.05, 4.69) is 15.0 Å². The molecule has 1 aromatic heterocycles. The Morgan fingerprint density at radius 1 is 1.44 bits per heavy atom. The predicted octanol–water partition coefficient (Wildman–Crippen LogP) is -0.0360. The highest BCUT2D eigenvalue weighted by molar-refractivity contribution is 4.94. The molecule has 0 aliphatic carbocycles. The molecule has 1 aliphatic heterocycles. The van der Waals surface area contributed by atoms with Gasteiger partial charge in [-0.1, -0.05) is 12.1 Å². The lowest BCUT2D eigenvalue weighted by Crippen LogP contribution is -2.40. The molecule has 0 amide bonds. The van der Waals surface area contributed by atoms with E-state index in [-0.39, 0.29) is 6.04 Å². The van der Waals surface area contributed by atoms with Gasteiger partial charge < -0.3 is 15.0 Å². The third-order valence-electron chi connectivity index (χ3n) is 2.68. The van der Waals surface area contributed by atoms with Crippen LogP contribution in [0.2, 0.25) is 0 Å². The summed E-state index contributed by atoms with van der Waals surface area (Å²) in [4.78, 5) is 6.49. The summed E-state index contributed by atoms with van der Waals surface area (Å²) in [5.74, 6) is 1.25. The number of rotatable bonds is 4. The molecule has 0 spiro atoms. The number of nitrogens with zero attached hydrogens (tertiary/aromatic N) is 3. The third-order valence-corrected chi connectivity index (χ3v) is 2.68. The summed E-state index contributed by atoms with van der Waals surface area (Å²) < 4.78 is 10.3. The Morgan fingerprint density at radius 3 is 2.81 bits per heavy atom. The standard InChI is InChI=1S/C10H18N4O2/c1-2-9-12-10(13-16-9)8(11)7-14-3-5-15-6-4-14/h8H,2-7,11H2,1H3. The Hall–Kier alpha value is -0.980. The number of ether oxygens (including phenoxy) is 1. The van der Waals surface area contributed by atoms with Crippen LogP contribution in [0.3, 0.4) is 0 Å². The van der Waals surface area contributed by atoms with E-state index in [4.69, 9.17) is 15.0 Å². The lowest BCUT2D eigenvalue weighted by atomic mass is 10.2. The average molecular weight is 226 g/mol. The van der Waals surface area contributed by atoms with E-state index in [9.17, 15) is 0 Å². The molecule has 1 fully saturated rings. The van der Waals surface area contributed by atoms with Crippen LogP contribution >= 0.6 is 0 Å². The van der Waals surface area contributed by atoms with E-state index in [1.165, 1.54) is 0 Å². The van der Waals surface area contributed by atoms with Gasteiger partial charge in [0.1, 0.15) is 0 Å². The number of morpholine rings is 1. The monoisotopic (exact) mass is 226 g/mol. The van der Waals surface area contributed by atoms with Crippen molar-refractivity contribution < 1.29 is 9.26 Å². The Labute approximate surface area is 94.7 Å². The molecule has 0 bridgehead atoms. The zero-order valence-corrected chi connectivity index (χ0v) is 9.56. The number of nitrogens with two attached hydrogens (primary N) is 1. The average Bonchev–Trinajstić information content (AvgIpc) is 2.79. The van der Waals surface area contributed by atoms with Crippen LogP contribution in [0.1, 0.15) is 24.7 Å². The van der Waals surface area contributed by atoms with Crippen LogP contribution in [-0.2, 0) is 11.2 Å². The van der Waals surface area contributed by atoms with Crippen molar-refractivity contribution in [2.75, 3.05) is 32.8 Å². The molecule has 2 rings (SSSR count). The van der Waals surface area contributed by atoms with Gasteiger partial charge in [-0.3, -0.25) is 4.90 Å². The Bertz CT molecular complexity index is 322. The first kappa shape index (κ1) is 11.5.